The van der Waals surface area contributed by atoms with Gasteiger partial charge in [0.1, 0.15) is 0 Å². The standard InChI is InChI=1S/C20H28O5/c1-10(2)12-8-11(9-21)14-16(15(12)23)25-18(24)17-19(3,4)13(22)6-7-20(14,17)5/h8-10,13,17-18,22-24H,6-7H2,1-5H3/t13-,17+,18+,20+/m0/s1. The Labute approximate surface area is 148 Å². The normalized spacial score (nSPS) is 33.4. The molecule has 4 atom stereocenters. The summed E-state index contributed by atoms with van der Waals surface area (Å²) in [4.78, 5) is 11.8. The van der Waals surface area contributed by atoms with Crippen molar-refractivity contribution in [2.45, 2.75) is 71.2 Å². The first-order valence-corrected chi connectivity index (χ1v) is 8.94. The van der Waals surface area contributed by atoms with E-state index in [0.29, 0.717) is 29.5 Å². The average molecular weight is 348 g/mol. The first kappa shape index (κ1) is 18.2. The smallest absolute Gasteiger partial charge is 0.201 e. The zero-order valence-corrected chi connectivity index (χ0v) is 15.5. The lowest BCUT2D eigenvalue weighted by molar-refractivity contribution is -0.186. The first-order chi connectivity index (χ1) is 11.6. The number of aromatic hydroxyl groups is 1. The molecule has 1 fully saturated rings. The van der Waals surface area contributed by atoms with Gasteiger partial charge in [-0.15, -0.1) is 0 Å². The zero-order chi connectivity index (χ0) is 18.7. The van der Waals surface area contributed by atoms with Crippen molar-refractivity contribution in [3.63, 3.8) is 0 Å². The second-order valence-corrected chi connectivity index (χ2v) is 8.66. The van der Waals surface area contributed by atoms with Crippen molar-refractivity contribution in [1.29, 1.82) is 0 Å². The topological polar surface area (TPSA) is 87.0 Å². The highest BCUT2D eigenvalue weighted by atomic mass is 16.6. The van der Waals surface area contributed by atoms with Gasteiger partial charge in [-0.2, -0.15) is 0 Å². The molecule has 1 aliphatic heterocycles. The number of aliphatic hydroxyl groups is 2. The summed E-state index contributed by atoms with van der Waals surface area (Å²) in [5, 5.41) is 32.0. The van der Waals surface area contributed by atoms with Crippen LogP contribution in [0.3, 0.4) is 0 Å². The fourth-order valence-electron chi connectivity index (χ4n) is 5.07. The quantitative estimate of drug-likeness (QED) is 0.715. The molecule has 0 radical (unpaired) electrons. The van der Waals surface area contributed by atoms with Crippen molar-refractivity contribution in [2.24, 2.45) is 11.3 Å². The van der Waals surface area contributed by atoms with Gasteiger partial charge in [-0.25, -0.2) is 0 Å². The minimum atomic E-state index is -1.16. The monoisotopic (exact) mass is 348 g/mol. The van der Waals surface area contributed by atoms with Crippen LogP contribution in [0.4, 0.5) is 0 Å². The fraction of sp³-hybridized carbons (Fsp3) is 0.650. The molecule has 0 unspecified atom stereocenters. The van der Waals surface area contributed by atoms with Crippen LogP contribution in [0.2, 0.25) is 0 Å². The third-order valence-electron chi connectivity index (χ3n) is 6.44. The van der Waals surface area contributed by atoms with Gasteiger partial charge in [0, 0.05) is 33.4 Å². The maximum Gasteiger partial charge on any atom is 0.201 e. The number of aliphatic hydroxyl groups excluding tert-OH is 2. The second-order valence-electron chi connectivity index (χ2n) is 8.66. The first-order valence-electron chi connectivity index (χ1n) is 8.94. The lowest BCUT2D eigenvalue weighted by Crippen LogP contribution is -2.60. The highest BCUT2D eigenvalue weighted by Gasteiger charge is 2.59. The fourth-order valence-corrected chi connectivity index (χ4v) is 5.07. The van der Waals surface area contributed by atoms with Crippen molar-refractivity contribution in [2.75, 3.05) is 0 Å². The summed E-state index contributed by atoms with van der Waals surface area (Å²) in [5.41, 5.74) is 0.614. The van der Waals surface area contributed by atoms with Crippen LogP contribution in [-0.2, 0) is 5.41 Å². The number of phenolic OH excluding ortho intramolecular Hbond substituents is 1. The number of hydrogen-bond donors (Lipinski definition) is 3. The number of phenols is 1. The Morgan fingerprint density at radius 1 is 1.28 bits per heavy atom. The van der Waals surface area contributed by atoms with Gasteiger partial charge < -0.3 is 20.1 Å². The van der Waals surface area contributed by atoms with Gasteiger partial charge in [-0.1, -0.05) is 34.6 Å². The van der Waals surface area contributed by atoms with Crippen molar-refractivity contribution >= 4 is 6.29 Å². The number of rotatable bonds is 2. The van der Waals surface area contributed by atoms with Crippen molar-refractivity contribution in [1.82, 2.24) is 0 Å². The third kappa shape index (κ3) is 2.40. The van der Waals surface area contributed by atoms with E-state index in [1.807, 2.05) is 34.6 Å². The number of hydrogen-bond acceptors (Lipinski definition) is 5. The van der Waals surface area contributed by atoms with Crippen LogP contribution in [0.1, 0.15) is 74.9 Å². The van der Waals surface area contributed by atoms with Crippen LogP contribution in [0.15, 0.2) is 6.07 Å². The Morgan fingerprint density at radius 2 is 1.92 bits per heavy atom. The molecule has 1 heterocycles. The molecule has 0 spiro atoms. The van der Waals surface area contributed by atoms with Crippen LogP contribution in [-0.4, -0.2) is 34.0 Å². The summed E-state index contributed by atoms with van der Waals surface area (Å²) >= 11 is 0. The Hall–Kier alpha value is -1.59. The predicted octanol–water partition coefficient (Wildman–Crippen LogP) is 3.09. The van der Waals surface area contributed by atoms with Crippen LogP contribution < -0.4 is 4.74 Å². The van der Waals surface area contributed by atoms with Crippen molar-refractivity contribution < 1.29 is 24.9 Å². The van der Waals surface area contributed by atoms with Gasteiger partial charge in [0.05, 0.1) is 6.10 Å². The molecule has 3 N–H and O–H groups in total. The summed E-state index contributed by atoms with van der Waals surface area (Å²) in [5.74, 6) is -0.163. The lowest BCUT2D eigenvalue weighted by atomic mass is 9.51. The minimum absolute atomic E-state index is 0.00162. The molecule has 138 valence electrons. The number of ether oxygens (including phenoxy) is 1. The van der Waals surface area contributed by atoms with Gasteiger partial charge in [0.15, 0.2) is 17.8 Å². The van der Waals surface area contributed by atoms with Gasteiger partial charge in [0.2, 0.25) is 6.29 Å². The molecule has 0 amide bonds. The zero-order valence-electron chi connectivity index (χ0n) is 15.5. The highest BCUT2D eigenvalue weighted by Crippen LogP contribution is 2.60. The lowest BCUT2D eigenvalue weighted by Gasteiger charge is -2.57. The third-order valence-corrected chi connectivity index (χ3v) is 6.44. The van der Waals surface area contributed by atoms with E-state index in [4.69, 9.17) is 4.74 Å². The molecule has 5 nitrogen and oxygen atoms in total. The number of aldehydes is 1. The largest absolute Gasteiger partial charge is 0.504 e. The van der Waals surface area contributed by atoms with E-state index in [1.54, 1.807) is 6.07 Å². The molecule has 5 heteroatoms. The Kier molecular flexibility index (Phi) is 4.16. The molecule has 25 heavy (non-hydrogen) atoms. The van der Waals surface area contributed by atoms with Gasteiger partial charge in [0.25, 0.3) is 0 Å². The highest BCUT2D eigenvalue weighted by molar-refractivity contribution is 5.82. The molecule has 3 rings (SSSR count). The Morgan fingerprint density at radius 3 is 2.48 bits per heavy atom. The van der Waals surface area contributed by atoms with Gasteiger partial charge >= 0.3 is 0 Å². The number of fused-ring (bicyclic) bond motifs is 3. The van der Waals surface area contributed by atoms with E-state index in [1.165, 1.54) is 0 Å². The van der Waals surface area contributed by atoms with E-state index in [2.05, 4.69) is 0 Å². The molecular weight excluding hydrogens is 320 g/mol. The maximum atomic E-state index is 11.8. The van der Waals surface area contributed by atoms with Crippen LogP contribution >= 0.6 is 0 Å². The average Bonchev–Trinajstić information content (AvgIpc) is 2.51. The molecule has 0 saturated heterocycles. The SMILES string of the molecule is CC(C)c1cc(C=O)c2c(c1O)O[C@@H](O)[C@@H]1C(C)(C)[C@@H](O)CC[C@]21C. The Bertz CT molecular complexity index is 709. The van der Waals surface area contributed by atoms with E-state index >= 15 is 0 Å². The molecular formula is C20H28O5. The summed E-state index contributed by atoms with van der Waals surface area (Å²) < 4.78 is 5.75. The number of carbonyl (C=O) groups excluding carboxylic acids is 1. The Balaban J connectivity index is 2.30. The summed E-state index contributed by atoms with van der Waals surface area (Å²) in [6, 6.07) is 1.73. The molecule has 2 aliphatic rings. The summed E-state index contributed by atoms with van der Waals surface area (Å²) in [6.07, 6.45) is 0.253. The van der Waals surface area contributed by atoms with Gasteiger partial charge in [-0.05, 0) is 24.8 Å². The molecule has 1 aromatic carbocycles. The van der Waals surface area contributed by atoms with Crippen LogP contribution in [0, 0.1) is 11.3 Å². The maximum absolute atomic E-state index is 11.8. The molecule has 1 aliphatic carbocycles. The van der Waals surface area contributed by atoms with E-state index in [9.17, 15) is 20.1 Å². The van der Waals surface area contributed by atoms with E-state index in [-0.39, 0.29) is 23.3 Å². The van der Waals surface area contributed by atoms with Crippen molar-refractivity contribution in [3.8, 4) is 11.5 Å². The van der Waals surface area contributed by atoms with Crippen molar-refractivity contribution in [3.05, 3.63) is 22.8 Å². The summed E-state index contributed by atoms with van der Waals surface area (Å²) in [7, 11) is 0. The van der Waals surface area contributed by atoms with Crippen LogP contribution in [0.25, 0.3) is 0 Å². The second kappa shape index (κ2) is 5.71. The van der Waals surface area contributed by atoms with E-state index in [0.717, 1.165) is 6.29 Å². The molecule has 0 aromatic heterocycles. The molecule has 1 saturated carbocycles. The summed E-state index contributed by atoms with van der Waals surface area (Å²) in [6.45, 7) is 9.69. The number of benzene rings is 1. The predicted molar refractivity (Wildman–Crippen MR) is 94.1 cm³/mol. The molecule has 1 aromatic rings. The van der Waals surface area contributed by atoms with E-state index < -0.39 is 23.2 Å². The number of carbonyl (C=O) groups is 1. The van der Waals surface area contributed by atoms with Crippen LogP contribution in [0.5, 0.6) is 11.5 Å². The minimum Gasteiger partial charge on any atom is -0.504 e. The molecule has 0 bridgehead atoms. The van der Waals surface area contributed by atoms with Gasteiger partial charge in [-0.3, -0.25) is 4.79 Å².